The molecule has 1 aromatic heterocycles. The van der Waals surface area contributed by atoms with Crippen LogP contribution in [0.2, 0.25) is 0 Å². The molecule has 1 aliphatic heterocycles. The van der Waals surface area contributed by atoms with Crippen molar-refractivity contribution in [2.45, 2.75) is 19.6 Å². The number of nitrogens with zero attached hydrogens (tertiary/aromatic N) is 3. The van der Waals surface area contributed by atoms with Gasteiger partial charge in [0.15, 0.2) is 29.7 Å². The number of methoxy groups -OCH3 is 1. The molecule has 160 valence electrons. The Balaban J connectivity index is 1.64. The summed E-state index contributed by atoms with van der Waals surface area (Å²) in [6, 6.07) is 9.30. The number of fused-ring (bicyclic) bond motifs is 1. The normalized spacial score (nSPS) is 13.5. The van der Waals surface area contributed by atoms with E-state index in [0.29, 0.717) is 40.0 Å². The number of anilines is 1. The lowest BCUT2D eigenvalue weighted by Gasteiger charge is -2.23. The van der Waals surface area contributed by atoms with Gasteiger partial charge < -0.3 is 24.1 Å². The van der Waals surface area contributed by atoms with Crippen molar-refractivity contribution in [1.82, 2.24) is 10.1 Å². The van der Waals surface area contributed by atoms with Crippen molar-refractivity contribution >= 4 is 11.7 Å². The summed E-state index contributed by atoms with van der Waals surface area (Å²) in [5.41, 5.74) is 2.50. The number of benzene rings is 2. The SMILES string of the molecule is COc1cc(C(Nc2ccc(-c3noc(C)n3)cc2)C(=O)ON=O)cc2c1OCOC2. The minimum absolute atomic E-state index is 0.105. The number of nitrogens with one attached hydrogen (secondary N) is 1. The van der Waals surface area contributed by atoms with E-state index in [0.717, 1.165) is 5.56 Å². The van der Waals surface area contributed by atoms with E-state index in [4.69, 9.17) is 18.7 Å². The first-order chi connectivity index (χ1) is 15.1. The zero-order valence-electron chi connectivity index (χ0n) is 16.7. The summed E-state index contributed by atoms with van der Waals surface area (Å²) < 4.78 is 21.2. The van der Waals surface area contributed by atoms with Gasteiger partial charge in [0, 0.05) is 23.7 Å². The fourth-order valence-corrected chi connectivity index (χ4v) is 3.19. The second-order valence-corrected chi connectivity index (χ2v) is 6.60. The highest BCUT2D eigenvalue weighted by atomic mass is 16.7. The number of hydrogen-bond acceptors (Lipinski definition) is 11. The molecule has 2 heterocycles. The molecule has 31 heavy (non-hydrogen) atoms. The van der Waals surface area contributed by atoms with Crippen molar-refractivity contribution in [3.8, 4) is 22.9 Å². The predicted octanol–water partition coefficient (Wildman–Crippen LogP) is 3.30. The van der Waals surface area contributed by atoms with Gasteiger partial charge in [0.05, 0.1) is 13.7 Å². The van der Waals surface area contributed by atoms with Crippen LogP contribution in [-0.4, -0.2) is 30.0 Å². The van der Waals surface area contributed by atoms with Crippen LogP contribution < -0.4 is 14.8 Å². The van der Waals surface area contributed by atoms with Crippen LogP contribution in [-0.2, 0) is 21.0 Å². The first kappa shape index (κ1) is 20.3. The van der Waals surface area contributed by atoms with Crippen LogP contribution in [0.4, 0.5) is 5.69 Å². The lowest BCUT2D eigenvalue weighted by atomic mass is 10.0. The quantitative estimate of drug-likeness (QED) is 0.443. The molecule has 1 aliphatic rings. The Morgan fingerprint density at radius 2 is 2.06 bits per heavy atom. The Bertz CT molecular complexity index is 1080. The Kier molecular flexibility index (Phi) is 5.76. The first-order valence-electron chi connectivity index (χ1n) is 9.21. The summed E-state index contributed by atoms with van der Waals surface area (Å²) in [7, 11) is 1.49. The first-order valence-corrected chi connectivity index (χ1v) is 9.21. The highest BCUT2D eigenvalue weighted by Gasteiger charge is 2.27. The largest absolute Gasteiger partial charge is 0.493 e. The molecule has 1 N–H and O–H groups in total. The van der Waals surface area contributed by atoms with Gasteiger partial charge >= 0.3 is 5.97 Å². The van der Waals surface area contributed by atoms with E-state index in [-0.39, 0.29) is 13.4 Å². The molecule has 3 aromatic rings. The number of carbonyl (C=O) groups is 1. The molecule has 0 spiro atoms. The van der Waals surface area contributed by atoms with Crippen molar-refractivity contribution < 1.29 is 28.4 Å². The zero-order valence-corrected chi connectivity index (χ0v) is 16.7. The fraction of sp³-hybridized carbons (Fsp3) is 0.250. The van der Waals surface area contributed by atoms with Crippen molar-refractivity contribution in [2.75, 3.05) is 19.2 Å². The molecule has 11 nitrogen and oxygen atoms in total. The molecule has 11 heteroatoms. The standard InChI is InChI=1S/C20H18N4O7/c1-11-21-19(23-30-11)12-3-5-15(6-4-12)22-17(20(25)31-24-26)13-7-14-9-28-10-29-18(14)16(8-13)27-2/h3-8,17,22H,9-10H2,1-2H3. The molecule has 0 amide bonds. The molecule has 0 radical (unpaired) electrons. The summed E-state index contributed by atoms with van der Waals surface area (Å²) in [6.07, 6.45) is 0. The smallest absolute Gasteiger partial charge is 0.365 e. The average Bonchev–Trinajstić information content (AvgIpc) is 3.23. The molecule has 0 saturated carbocycles. The Morgan fingerprint density at radius 3 is 2.74 bits per heavy atom. The van der Waals surface area contributed by atoms with Gasteiger partial charge in [0.1, 0.15) is 0 Å². The molecule has 0 bridgehead atoms. The van der Waals surface area contributed by atoms with Crippen LogP contribution >= 0.6 is 0 Å². The molecular weight excluding hydrogens is 408 g/mol. The highest BCUT2D eigenvalue weighted by molar-refractivity contribution is 5.81. The summed E-state index contributed by atoms with van der Waals surface area (Å²) in [5, 5.41) is 9.18. The Morgan fingerprint density at radius 1 is 1.26 bits per heavy atom. The second-order valence-electron chi connectivity index (χ2n) is 6.60. The minimum Gasteiger partial charge on any atom is -0.493 e. The van der Waals surface area contributed by atoms with Gasteiger partial charge in [-0.15, -0.1) is 4.91 Å². The van der Waals surface area contributed by atoms with Crippen LogP contribution in [0.25, 0.3) is 11.4 Å². The maximum Gasteiger partial charge on any atom is 0.365 e. The summed E-state index contributed by atoms with van der Waals surface area (Å²) >= 11 is 0. The number of hydrogen-bond donors (Lipinski definition) is 1. The van der Waals surface area contributed by atoms with Crippen molar-refractivity contribution in [3.63, 3.8) is 0 Å². The van der Waals surface area contributed by atoms with E-state index in [9.17, 15) is 9.70 Å². The van der Waals surface area contributed by atoms with E-state index in [1.54, 1.807) is 43.3 Å². The van der Waals surface area contributed by atoms with Gasteiger partial charge in [-0.3, -0.25) is 4.84 Å². The van der Waals surface area contributed by atoms with Crippen LogP contribution in [0.5, 0.6) is 11.5 Å². The average molecular weight is 426 g/mol. The van der Waals surface area contributed by atoms with Crippen LogP contribution in [0.15, 0.2) is 46.3 Å². The zero-order chi connectivity index (χ0) is 21.8. The maximum atomic E-state index is 12.5. The molecule has 1 unspecified atom stereocenters. The van der Waals surface area contributed by atoms with E-state index >= 15 is 0 Å². The maximum absolute atomic E-state index is 12.5. The molecule has 0 saturated heterocycles. The van der Waals surface area contributed by atoms with Crippen LogP contribution in [0.3, 0.4) is 0 Å². The predicted molar refractivity (Wildman–Crippen MR) is 106 cm³/mol. The third-order valence-corrected chi connectivity index (χ3v) is 4.60. The number of ether oxygens (including phenoxy) is 3. The minimum atomic E-state index is -1.04. The third kappa shape index (κ3) is 4.31. The van der Waals surface area contributed by atoms with Gasteiger partial charge in [0.25, 0.3) is 0 Å². The molecule has 4 rings (SSSR count). The highest BCUT2D eigenvalue weighted by Crippen LogP contribution is 2.38. The number of rotatable bonds is 7. The van der Waals surface area contributed by atoms with Gasteiger partial charge in [0.2, 0.25) is 11.7 Å². The van der Waals surface area contributed by atoms with Gasteiger partial charge in [-0.1, -0.05) is 5.16 Å². The molecule has 0 fully saturated rings. The van der Waals surface area contributed by atoms with Crippen molar-refractivity contribution in [3.05, 3.63) is 58.3 Å². The number of carbonyl (C=O) groups excluding carboxylic acids is 1. The number of aromatic nitrogens is 2. The molecule has 1 atom stereocenters. The molecular formula is C20H18N4O7. The van der Waals surface area contributed by atoms with Crippen LogP contribution in [0.1, 0.15) is 23.1 Å². The topological polar surface area (TPSA) is 134 Å². The fourth-order valence-electron chi connectivity index (χ4n) is 3.19. The van der Waals surface area contributed by atoms with Crippen LogP contribution in [0, 0.1) is 11.8 Å². The Hall–Kier alpha value is -3.99. The van der Waals surface area contributed by atoms with Gasteiger partial charge in [-0.2, -0.15) is 4.98 Å². The van der Waals surface area contributed by atoms with Gasteiger partial charge in [-0.05, 0) is 42.0 Å². The second kappa shape index (κ2) is 8.79. The van der Waals surface area contributed by atoms with E-state index < -0.39 is 12.0 Å². The lowest BCUT2D eigenvalue weighted by molar-refractivity contribution is -0.145. The van der Waals surface area contributed by atoms with Crippen molar-refractivity contribution in [1.29, 1.82) is 0 Å². The summed E-state index contributed by atoms with van der Waals surface area (Å²) in [6.45, 7) is 2.09. The Labute approximate surface area is 176 Å². The summed E-state index contributed by atoms with van der Waals surface area (Å²) in [4.78, 5) is 31.6. The summed E-state index contributed by atoms with van der Waals surface area (Å²) in [5.74, 6) is 0.989. The molecule has 0 aliphatic carbocycles. The van der Waals surface area contributed by atoms with Crippen molar-refractivity contribution in [2.24, 2.45) is 5.34 Å². The third-order valence-electron chi connectivity index (χ3n) is 4.60. The van der Waals surface area contributed by atoms with E-state index in [1.807, 2.05) is 0 Å². The van der Waals surface area contributed by atoms with E-state index in [1.165, 1.54) is 7.11 Å². The monoisotopic (exact) mass is 426 g/mol. The molecule has 2 aromatic carbocycles. The van der Waals surface area contributed by atoms with Gasteiger partial charge in [-0.25, -0.2) is 4.79 Å². The van der Waals surface area contributed by atoms with E-state index in [2.05, 4.69) is 25.6 Å². The lowest BCUT2D eigenvalue weighted by Crippen LogP contribution is -2.23. The number of aryl methyl sites for hydroxylation is 1.